The summed E-state index contributed by atoms with van der Waals surface area (Å²) in [7, 11) is 0. The Morgan fingerprint density at radius 3 is 2.84 bits per heavy atom. The molecule has 0 N–H and O–H groups in total. The van der Waals surface area contributed by atoms with E-state index in [2.05, 4.69) is 9.97 Å². The van der Waals surface area contributed by atoms with Crippen LogP contribution in [0.2, 0.25) is 0 Å². The fraction of sp³-hybridized carbons (Fsp3) is 0.444. The summed E-state index contributed by atoms with van der Waals surface area (Å²) in [5.41, 5.74) is 2.13. The van der Waals surface area contributed by atoms with Crippen molar-refractivity contribution in [1.29, 1.82) is 0 Å². The van der Waals surface area contributed by atoms with E-state index in [-0.39, 0.29) is 0 Å². The van der Waals surface area contributed by atoms with Gasteiger partial charge in [-0.2, -0.15) is 0 Å². The van der Waals surface area contributed by atoms with E-state index in [4.69, 9.17) is 14.8 Å². The fourth-order valence-electron chi connectivity index (χ4n) is 3.61. The Morgan fingerprint density at radius 1 is 1.04 bits per heavy atom. The van der Waals surface area contributed by atoms with E-state index in [0.717, 1.165) is 49.5 Å². The summed E-state index contributed by atoms with van der Waals surface area (Å²) < 4.78 is 0. The molecule has 1 aliphatic carbocycles. The molecule has 6 nitrogen and oxygen atoms in total. The minimum atomic E-state index is 0.628. The van der Waals surface area contributed by atoms with Gasteiger partial charge in [0, 0.05) is 23.8 Å². The highest BCUT2D eigenvalue weighted by molar-refractivity contribution is 7.19. The number of thiophene rings is 1. The number of nitrogens with zero attached hydrogens (tertiary/aromatic N) is 5. The molecule has 0 radical (unpaired) electrons. The monoisotopic (exact) mass is 353 g/mol. The van der Waals surface area contributed by atoms with E-state index < -0.39 is 0 Å². The number of rotatable bonds is 2. The van der Waals surface area contributed by atoms with Crippen LogP contribution in [0.3, 0.4) is 0 Å². The molecule has 0 aromatic carbocycles. The maximum Gasteiger partial charge on any atom is 0.183 e. The second-order valence-electron chi connectivity index (χ2n) is 6.49. The van der Waals surface area contributed by atoms with Crippen molar-refractivity contribution in [2.75, 3.05) is 18.2 Å². The van der Waals surface area contributed by atoms with Gasteiger partial charge in [-0.1, -0.05) is 0 Å². The summed E-state index contributed by atoms with van der Waals surface area (Å²) in [6.07, 6.45) is 12.1. The van der Waals surface area contributed by atoms with Crippen molar-refractivity contribution in [3.63, 3.8) is 0 Å². The highest BCUT2D eigenvalue weighted by Gasteiger charge is 2.25. The van der Waals surface area contributed by atoms with Crippen LogP contribution >= 0.6 is 11.3 Å². The van der Waals surface area contributed by atoms with E-state index in [1.807, 2.05) is 5.06 Å². The van der Waals surface area contributed by atoms with E-state index in [1.165, 1.54) is 28.7 Å². The molecule has 3 aromatic rings. The van der Waals surface area contributed by atoms with Crippen molar-refractivity contribution < 1.29 is 4.84 Å². The highest BCUT2D eigenvalue weighted by Crippen LogP contribution is 2.41. The van der Waals surface area contributed by atoms with Crippen LogP contribution in [0.15, 0.2) is 18.6 Å². The second kappa shape index (κ2) is 6.31. The summed E-state index contributed by atoms with van der Waals surface area (Å²) in [6.45, 7) is 1.62. The average Bonchev–Trinajstić information content (AvgIpc) is 3.07. The van der Waals surface area contributed by atoms with Crippen LogP contribution < -0.4 is 5.06 Å². The van der Waals surface area contributed by atoms with E-state index in [9.17, 15) is 0 Å². The van der Waals surface area contributed by atoms with Gasteiger partial charge in [-0.15, -0.1) is 11.3 Å². The topological polar surface area (TPSA) is 64.0 Å². The maximum absolute atomic E-state index is 5.94. The molecule has 3 aromatic heterocycles. The first kappa shape index (κ1) is 15.2. The third-order valence-corrected chi connectivity index (χ3v) is 6.01. The molecule has 0 unspecified atom stereocenters. The predicted octanol–water partition coefficient (Wildman–Crippen LogP) is 3.56. The Bertz CT molecular complexity index is 905. The van der Waals surface area contributed by atoms with Crippen molar-refractivity contribution in [2.45, 2.75) is 38.5 Å². The number of hydrogen-bond acceptors (Lipinski definition) is 7. The lowest BCUT2D eigenvalue weighted by Gasteiger charge is -2.28. The van der Waals surface area contributed by atoms with Crippen LogP contribution in [-0.2, 0) is 17.7 Å². The zero-order valence-corrected chi connectivity index (χ0v) is 14.8. The summed E-state index contributed by atoms with van der Waals surface area (Å²) in [6, 6.07) is 0. The summed E-state index contributed by atoms with van der Waals surface area (Å²) in [5, 5.41) is 3.16. The first-order chi connectivity index (χ1) is 12.4. The number of aryl methyl sites for hydroxylation is 2. The van der Waals surface area contributed by atoms with Crippen molar-refractivity contribution >= 4 is 27.4 Å². The lowest BCUT2D eigenvalue weighted by atomic mass is 9.97. The number of fused-ring (bicyclic) bond motifs is 3. The van der Waals surface area contributed by atoms with Crippen LogP contribution in [-0.4, -0.2) is 33.1 Å². The molecule has 0 amide bonds. The molecular weight excluding hydrogens is 334 g/mol. The van der Waals surface area contributed by atoms with Crippen LogP contribution in [0.25, 0.3) is 21.7 Å². The smallest absolute Gasteiger partial charge is 0.183 e. The van der Waals surface area contributed by atoms with Gasteiger partial charge < -0.3 is 0 Å². The summed E-state index contributed by atoms with van der Waals surface area (Å²) in [5.74, 6) is 1.54. The molecular formula is C18H19N5OS. The average molecular weight is 353 g/mol. The van der Waals surface area contributed by atoms with Gasteiger partial charge in [-0.05, 0) is 44.1 Å². The lowest BCUT2D eigenvalue weighted by Crippen LogP contribution is -2.31. The second-order valence-corrected chi connectivity index (χ2v) is 7.58. The van der Waals surface area contributed by atoms with Gasteiger partial charge in [-0.25, -0.2) is 20.0 Å². The molecule has 1 aliphatic heterocycles. The number of hydroxylamine groups is 1. The van der Waals surface area contributed by atoms with Crippen LogP contribution in [0, 0.1) is 0 Å². The first-order valence-corrected chi connectivity index (χ1v) is 9.71. The maximum atomic E-state index is 5.94. The highest BCUT2D eigenvalue weighted by atomic mass is 32.1. The Balaban J connectivity index is 1.73. The zero-order chi connectivity index (χ0) is 16.6. The largest absolute Gasteiger partial charge is 0.272 e. The van der Waals surface area contributed by atoms with Gasteiger partial charge in [0.25, 0.3) is 0 Å². The molecule has 1 fully saturated rings. The van der Waals surface area contributed by atoms with Crippen LogP contribution in [0.5, 0.6) is 0 Å². The molecule has 1 saturated heterocycles. The van der Waals surface area contributed by atoms with Crippen molar-refractivity contribution in [3.05, 3.63) is 29.0 Å². The molecule has 128 valence electrons. The van der Waals surface area contributed by atoms with E-state index in [0.29, 0.717) is 11.5 Å². The van der Waals surface area contributed by atoms with Crippen molar-refractivity contribution in [3.8, 4) is 11.5 Å². The fourth-order valence-corrected chi connectivity index (χ4v) is 4.87. The molecule has 2 aliphatic rings. The molecule has 25 heavy (non-hydrogen) atoms. The predicted molar refractivity (Wildman–Crippen MR) is 97.6 cm³/mol. The SMILES string of the molecule is c1cnc(-c2nc(N3CCCCO3)c3c4c(sc3n2)CCCC4)cn1. The number of aromatic nitrogens is 4. The van der Waals surface area contributed by atoms with Crippen LogP contribution in [0.1, 0.15) is 36.1 Å². The Kier molecular flexibility index (Phi) is 3.83. The molecule has 0 spiro atoms. The Hall–Kier alpha value is -2.12. The quantitative estimate of drug-likeness (QED) is 0.702. The van der Waals surface area contributed by atoms with Gasteiger partial charge in [0.1, 0.15) is 10.5 Å². The van der Waals surface area contributed by atoms with E-state index in [1.54, 1.807) is 29.9 Å². The molecule has 0 atom stereocenters. The number of anilines is 1. The summed E-state index contributed by atoms with van der Waals surface area (Å²) in [4.78, 5) is 26.7. The molecule has 7 heteroatoms. The lowest BCUT2D eigenvalue weighted by molar-refractivity contribution is 0.0767. The van der Waals surface area contributed by atoms with Gasteiger partial charge >= 0.3 is 0 Å². The van der Waals surface area contributed by atoms with Crippen LogP contribution in [0.4, 0.5) is 5.82 Å². The Morgan fingerprint density at radius 2 is 2.00 bits per heavy atom. The number of hydrogen-bond donors (Lipinski definition) is 0. The first-order valence-electron chi connectivity index (χ1n) is 8.89. The molecule has 0 saturated carbocycles. The van der Waals surface area contributed by atoms with E-state index >= 15 is 0 Å². The zero-order valence-electron chi connectivity index (χ0n) is 13.9. The van der Waals surface area contributed by atoms with Gasteiger partial charge in [0.05, 0.1) is 18.2 Å². The minimum Gasteiger partial charge on any atom is -0.272 e. The van der Waals surface area contributed by atoms with Gasteiger partial charge in [-0.3, -0.25) is 9.82 Å². The van der Waals surface area contributed by atoms with Crippen molar-refractivity contribution in [1.82, 2.24) is 19.9 Å². The third-order valence-electron chi connectivity index (χ3n) is 4.83. The van der Waals surface area contributed by atoms with Gasteiger partial charge in [0.15, 0.2) is 11.6 Å². The summed E-state index contributed by atoms with van der Waals surface area (Å²) >= 11 is 1.81. The standard InChI is InChI=1S/C18H19N5OS/c1-2-6-14-12(5-1)15-17(23-9-3-4-10-24-23)21-16(22-18(15)25-14)13-11-19-7-8-20-13/h7-8,11H,1-6,9-10H2. The minimum absolute atomic E-state index is 0.628. The Labute approximate surface area is 149 Å². The molecule has 0 bridgehead atoms. The van der Waals surface area contributed by atoms with Gasteiger partial charge in [0.2, 0.25) is 0 Å². The molecule has 5 rings (SSSR count). The molecule has 4 heterocycles. The normalized spacial score (nSPS) is 17.7. The van der Waals surface area contributed by atoms with Crippen molar-refractivity contribution in [2.24, 2.45) is 0 Å². The third kappa shape index (κ3) is 2.67.